The lowest BCUT2D eigenvalue weighted by Gasteiger charge is -2.21. The van der Waals surface area contributed by atoms with Gasteiger partial charge in [-0.15, -0.1) is 0 Å². The third-order valence-corrected chi connectivity index (χ3v) is 4.62. The van der Waals surface area contributed by atoms with Gasteiger partial charge < -0.3 is 19.7 Å². The maximum atomic E-state index is 13.0. The van der Waals surface area contributed by atoms with Gasteiger partial charge in [-0.1, -0.05) is 6.07 Å². The summed E-state index contributed by atoms with van der Waals surface area (Å²) in [6.07, 6.45) is -1.12. The molecule has 0 spiro atoms. The number of anilines is 1. The van der Waals surface area contributed by atoms with Crippen molar-refractivity contribution in [2.45, 2.75) is 25.6 Å². The first-order chi connectivity index (χ1) is 13.9. The fourth-order valence-electron chi connectivity index (χ4n) is 3.27. The molecule has 2 aromatic rings. The molecule has 29 heavy (non-hydrogen) atoms. The molecule has 3 rings (SSSR count). The molecule has 1 amide bonds. The number of carboxylic acid groups (broad SMARTS) is 1. The number of nitrogens with one attached hydrogen (secondary N) is 1. The number of halogens is 1. The predicted molar refractivity (Wildman–Crippen MR) is 106 cm³/mol. The van der Waals surface area contributed by atoms with Crippen LogP contribution in [0.5, 0.6) is 11.5 Å². The molecule has 156 valence electrons. The van der Waals surface area contributed by atoms with E-state index in [9.17, 15) is 14.3 Å². The van der Waals surface area contributed by atoms with E-state index in [1.165, 1.54) is 12.1 Å². The van der Waals surface area contributed by atoms with Gasteiger partial charge in [-0.3, -0.25) is 10.2 Å². The van der Waals surface area contributed by atoms with Gasteiger partial charge in [-0.2, -0.15) is 0 Å². The van der Waals surface area contributed by atoms with Crippen LogP contribution in [0.2, 0.25) is 0 Å². The predicted octanol–water partition coefficient (Wildman–Crippen LogP) is 3.12. The van der Waals surface area contributed by atoms with Crippen molar-refractivity contribution in [1.82, 2.24) is 4.90 Å². The molecule has 0 bridgehead atoms. The number of aryl methyl sites for hydroxylation is 1. The standard InChI is InChI=1S/C21H25FN2O5/c1-14-2-7-19(23-21(26)27)20(10-14)28-13-16(25)11-24-9-8-18(12-24)29-17-5-3-15(22)4-6-17/h2-7,10,16,18,23,25H,8-9,11-13H2,1H3,(H,26,27). The molecule has 2 atom stereocenters. The van der Waals surface area contributed by atoms with Gasteiger partial charge in [0.15, 0.2) is 0 Å². The van der Waals surface area contributed by atoms with Gasteiger partial charge in [0, 0.05) is 19.6 Å². The zero-order valence-electron chi connectivity index (χ0n) is 16.2. The third-order valence-electron chi connectivity index (χ3n) is 4.62. The molecule has 2 unspecified atom stereocenters. The van der Waals surface area contributed by atoms with E-state index < -0.39 is 12.2 Å². The van der Waals surface area contributed by atoms with Crippen molar-refractivity contribution in [3.8, 4) is 11.5 Å². The number of nitrogens with zero attached hydrogens (tertiary/aromatic N) is 1. The van der Waals surface area contributed by atoms with Crippen LogP contribution in [0.4, 0.5) is 14.9 Å². The summed E-state index contributed by atoms with van der Waals surface area (Å²) in [5.74, 6) is 0.703. The van der Waals surface area contributed by atoms with Crippen LogP contribution in [-0.2, 0) is 0 Å². The molecule has 2 aromatic carbocycles. The molecule has 0 radical (unpaired) electrons. The summed E-state index contributed by atoms with van der Waals surface area (Å²) in [4.78, 5) is 13.0. The van der Waals surface area contributed by atoms with Crippen LogP contribution in [0, 0.1) is 12.7 Å². The molecule has 0 aliphatic carbocycles. The molecule has 8 heteroatoms. The van der Waals surface area contributed by atoms with E-state index >= 15 is 0 Å². The zero-order chi connectivity index (χ0) is 20.8. The van der Waals surface area contributed by atoms with Crippen molar-refractivity contribution in [3.63, 3.8) is 0 Å². The first-order valence-electron chi connectivity index (χ1n) is 9.45. The van der Waals surface area contributed by atoms with E-state index in [4.69, 9.17) is 14.6 Å². The minimum atomic E-state index is -1.18. The lowest BCUT2D eigenvalue weighted by atomic mass is 10.2. The topological polar surface area (TPSA) is 91.3 Å². The molecule has 1 fully saturated rings. The Hall–Kier alpha value is -2.84. The van der Waals surface area contributed by atoms with E-state index in [1.54, 1.807) is 30.3 Å². The molecular weight excluding hydrogens is 379 g/mol. The van der Waals surface area contributed by atoms with Crippen LogP contribution >= 0.6 is 0 Å². The van der Waals surface area contributed by atoms with Gasteiger partial charge >= 0.3 is 6.09 Å². The van der Waals surface area contributed by atoms with Gasteiger partial charge in [0.25, 0.3) is 0 Å². The summed E-state index contributed by atoms with van der Waals surface area (Å²) >= 11 is 0. The Morgan fingerprint density at radius 1 is 1.31 bits per heavy atom. The molecule has 1 heterocycles. The Kier molecular flexibility index (Phi) is 6.90. The lowest BCUT2D eigenvalue weighted by molar-refractivity contribution is 0.0722. The maximum Gasteiger partial charge on any atom is 0.409 e. The highest BCUT2D eigenvalue weighted by atomic mass is 19.1. The smallest absolute Gasteiger partial charge is 0.409 e. The first-order valence-corrected chi connectivity index (χ1v) is 9.45. The monoisotopic (exact) mass is 404 g/mol. The van der Waals surface area contributed by atoms with Crippen LogP contribution in [0.15, 0.2) is 42.5 Å². The fraction of sp³-hybridized carbons (Fsp3) is 0.381. The average molecular weight is 404 g/mol. The molecule has 1 aliphatic heterocycles. The first kappa shape index (κ1) is 20.9. The summed E-state index contributed by atoms with van der Waals surface area (Å²) in [5, 5.41) is 21.5. The summed E-state index contributed by atoms with van der Waals surface area (Å²) in [6.45, 7) is 3.76. The van der Waals surface area contributed by atoms with Crippen molar-refractivity contribution in [2.75, 3.05) is 31.6 Å². The molecule has 3 N–H and O–H groups in total. The van der Waals surface area contributed by atoms with Crippen LogP contribution in [0.25, 0.3) is 0 Å². The van der Waals surface area contributed by atoms with Gasteiger partial charge in [0.1, 0.15) is 36.1 Å². The maximum absolute atomic E-state index is 13.0. The Labute approximate surface area is 168 Å². The van der Waals surface area contributed by atoms with Gasteiger partial charge in [-0.25, -0.2) is 9.18 Å². The van der Waals surface area contributed by atoms with Gasteiger partial charge in [-0.05, 0) is 55.3 Å². The number of hydrogen-bond donors (Lipinski definition) is 3. The van der Waals surface area contributed by atoms with Crippen molar-refractivity contribution in [2.24, 2.45) is 0 Å². The zero-order valence-corrected chi connectivity index (χ0v) is 16.2. The molecule has 1 aliphatic rings. The summed E-state index contributed by atoms with van der Waals surface area (Å²) in [5.41, 5.74) is 1.26. The van der Waals surface area contributed by atoms with E-state index in [0.29, 0.717) is 30.3 Å². The number of rotatable bonds is 8. The Morgan fingerprint density at radius 2 is 2.07 bits per heavy atom. The fourth-order valence-corrected chi connectivity index (χ4v) is 3.27. The number of hydrogen-bond acceptors (Lipinski definition) is 5. The lowest BCUT2D eigenvalue weighted by Crippen LogP contribution is -2.35. The third kappa shape index (κ3) is 6.33. The van der Waals surface area contributed by atoms with E-state index in [-0.39, 0.29) is 18.5 Å². The van der Waals surface area contributed by atoms with Crippen LogP contribution < -0.4 is 14.8 Å². The highest BCUT2D eigenvalue weighted by molar-refractivity contribution is 5.85. The van der Waals surface area contributed by atoms with E-state index in [1.807, 2.05) is 6.92 Å². The number of ether oxygens (including phenoxy) is 2. The SMILES string of the molecule is Cc1ccc(NC(=O)O)c(OCC(O)CN2CCC(Oc3ccc(F)cc3)C2)c1. The Bertz CT molecular complexity index is 830. The minimum Gasteiger partial charge on any atom is -0.489 e. The van der Waals surface area contributed by atoms with E-state index in [0.717, 1.165) is 18.5 Å². The Morgan fingerprint density at radius 3 is 2.79 bits per heavy atom. The largest absolute Gasteiger partial charge is 0.489 e. The van der Waals surface area contributed by atoms with Crippen LogP contribution in [0.3, 0.4) is 0 Å². The second kappa shape index (κ2) is 9.58. The number of aliphatic hydroxyl groups excluding tert-OH is 1. The van der Waals surface area contributed by atoms with Crippen LogP contribution in [0.1, 0.15) is 12.0 Å². The number of carbonyl (C=O) groups is 1. The van der Waals surface area contributed by atoms with Crippen LogP contribution in [-0.4, -0.2) is 59.7 Å². The average Bonchev–Trinajstić information content (AvgIpc) is 3.10. The van der Waals surface area contributed by atoms with Gasteiger partial charge in [0.05, 0.1) is 5.69 Å². The van der Waals surface area contributed by atoms with Crippen molar-refractivity contribution in [3.05, 3.63) is 53.8 Å². The molecule has 0 aromatic heterocycles. The molecule has 1 saturated heterocycles. The number of amides is 1. The van der Waals surface area contributed by atoms with Crippen molar-refractivity contribution < 1.29 is 28.9 Å². The van der Waals surface area contributed by atoms with Crippen molar-refractivity contribution >= 4 is 11.8 Å². The summed E-state index contributed by atoms with van der Waals surface area (Å²) < 4.78 is 24.5. The molecule has 0 saturated carbocycles. The molecule has 7 nitrogen and oxygen atoms in total. The molecular formula is C21H25FN2O5. The second-order valence-electron chi connectivity index (χ2n) is 7.14. The van der Waals surface area contributed by atoms with E-state index in [2.05, 4.69) is 10.2 Å². The van der Waals surface area contributed by atoms with Crippen molar-refractivity contribution in [1.29, 1.82) is 0 Å². The number of aliphatic hydroxyl groups is 1. The number of β-amino-alcohol motifs (C(OH)–C–C–N with tert-alkyl or cyclic N) is 1. The number of benzene rings is 2. The summed E-state index contributed by atoms with van der Waals surface area (Å²) in [7, 11) is 0. The Balaban J connectivity index is 1.46. The normalized spacial score (nSPS) is 17.7. The highest BCUT2D eigenvalue weighted by Crippen LogP contribution is 2.26. The summed E-state index contributed by atoms with van der Waals surface area (Å²) in [6, 6.07) is 11.1. The minimum absolute atomic E-state index is 0.0169. The quantitative estimate of drug-likeness (QED) is 0.626. The highest BCUT2D eigenvalue weighted by Gasteiger charge is 2.26. The second-order valence-corrected chi connectivity index (χ2v) is 7.14. The number of likely N-dealkylation sites (tertiary alicyclic amines) is 1. The van der Waals surface area contributed by atoms with Gasteiger partial charge in [0.2, 0.25) is 0 Å².